The maximum absolute atomic E-state index is 13.0. The molecule has 2 aromatic carbocycles. The predicted octanol–water partition coefficient (Wildman–Crippen LogP) is 6.16. The van der Waals surface area contributed by atoms with E-state index in [0.717, 1.165) is 48.2 Å². The zero-order chi connectivity index (χ0) is 22.8. The van der Waals surface area contributed by atoms with Crippen molar-refractivity contribution in [2.75, 3.05) is 0 Å². The summed E-state index contributed by atoms with van der Waals surface area (Å²) in [4.78, 5) is 12.8. The maximum atomic E-state index is 13.0. The molecule has 4 aliphatic rings. The van der Waals surface area contributed by atoms with Crippen molar-refractivity contribution in [2.24, 2.45) is 23.7 Å². The number of hydrogen-bond acceptors (Lipinski definition) is 5. The molecular weight excluding hydrogens is 769 g/mol. The van der Waals surface area contributed by atoms with Gasteiger partial charge in [-0.15, -0.1) is 0 Å². The van der Waals surface area contributed by atoms with Gasteiger partial charge in [-0.2, -0.15) is 0 Å². The summed E-state index contributed by atoms with van der Waals surface area (Å²) in [5, 5.41) is 0. The number of halogens is 3. The summed E-state index contributed by atoms with van der Waals surface area (Å²) in [6, 6.07) is 8.21. The van der Waals surface area contributed by atoms with Crippen molar-refractivity contribution >= 4 is 83.9 Å². The summed E-state index contributed by atoms with van der Waals surface area (Å²) in [7, 11) is -4.63. The number of ether oxygens (including phenoxy) is 1. The minimum Gasteiger partial charge on any atom is -0.744 e. The van der Waals surface area contributed by atoms with Crippen molar-refractivity contribution < 1.29 is 22.5 Å². The van der Waals surface area contributed by atoms with Crippen molar-refractivity contribution in [1.82, 2.24) is 0 Å². The Labute approximate surface area is 228 Å². The normalized spacial score (nSPS) is 28.7. The molecule has 0 unspecified atom stereocenters. The Morgan fingerprint density at radius 1 is 0.906 bits per heavy atom. The second-order valence-electron chi connectivity index (χ2n) is 9.22. The van der Waals surface area contributed by atoms with Gasteiger partial charge in [0.15, 0.2) is 0 Å². The topological polar surface area (TPSA) is 83.5 Å². The highest BCUT2D eigenvalue weighted by atomic mass is 127. The summed E-state index contributed by atoms with van der Waals surface area (Å²) in [6.07, 6.45) is 5.67. The van der Waals surface area contributed by atoms with E-state index in [1.165, 1.54) is 18.6 Å². The molecule has 0 aromatic heterocycles. The van der Waals surface area contributed by atoms with Crippen LogP contribution in [0, 0.1) is 34.4 Å². The minimum absolute atomic E-state index is 0.0399. The molecule has 0 N–H and O–H groups in total. The molecule has 4 fully saturated rings. The van der Waals surface area contributed by atoms with E-state index in [2.05, 4.69) is 67.8 Å². The molecule has 0 radical (unpaired) electrons. The number of hydrogen-bond donors (Lipinski definition) is 0. The fourth-order valence-electron chi connectivity index (χ4n) is 6.38. The highest BCUT2D eigenvalue weighted by Gasteiger charge is 2.49. The molecule has 0 heterocycles. The first-order chi connectivity index (χ1) is 15.1. The van der Waals surface area contributed by atoms with Crippen molar-refractivity contribution in [3.8, 4) is 5.75 Å². The molecule has 0 saturated heterocycles. The fraction of sp³-hybridized carbons (Fsp3) is 0.435. The van der Waals surface area contributed by atoms with Crippen molar-refractivity contribution in [3.63, 3.8) is 0 Å². The smallest absolute Gasteiger partial charge is 0.345 e. The van der Waals surface area contributed by atoms with Crippen LogP contribution in [0.25, 0.3) is 0 Å². The summed E-state index contributed by atoms with van der Waals surface area (Å²) in [6.45, 7) is 0. The van der Waals surface area contributed by atoms with Crippen molar-refractivity contribution in [1.29, 1.82) is 0 Å². The molecule has 2 aromatic rings. The van der Waals surface area contributed by atoms with Crippen LogP contribution >= 0.6 is 67.8 Å². The Bertz CT molecular complexity index is 1180. The summed E-state index contributed by atoms with van der Waals surface area (Å²) in [5.74, 6) is 2.10. The first kappa shape index (κ1) is 23.7. The third kappa shape index (κ3) is 4.37. The van der Waals surface area contributed by atoms with Gasteiger partial charge in [0.05, 0.1) is 10.5 Å². The van der Waals surface area contributed by atoms with Crippen LogP contribution in [0.15, 0.2) is 35.2 Å². The van der Waals surface area contributed by atoms with E-state index in [0.29, 0.717) is 23.0 Å². The molecule has 4 saturated carbocycles. The van der Waals surface area contributed by atoms with Gasteiger partial charge in [0, 0.05) is 10.7 Å². The van der Waals surface area contributed by atoms with E-state index in [9.17, 15) is 17.8 Å². The molecule has 0 aliphatic heterocycles. The molecule has 6 rings (SSSR count). The zero-order valence-electron chi connectivity index (χ0n) is 16.9. The van der Waals surface area contributed by atoms with Gasteiger partial charge in [-0.05, 0) is 165 Å². The van der Waals surface area contributed by atoms with E-state index in [1.54, 1.807) is 6.07 Å². The highest BCUT2D eigenvalue weighted by molar-refractivity contribution is 14.1. The van der Waals surface area contributed by atoms with E-state index >= 15 is 0 Å². The quantitative estimate of drug-likeness (QED) is 0.122. The lowest BCUT2D eigenvalue weighted by Gasteiger charge is -2.55. The third-order valence-corrected chi connectivity index (χ3v) is 12.2. The Kier molecular flexibility index (Phi) is 6.60. The minimum atomic E-state index is -4.63. The van der Waals surface area contributed by atoms with Crippen LogP contribution in [0.3, 0.4) is 0 Å². The molecule has 5 nitrogen and oxygen atoms in total. The van der Waals surface area contributed by atoms with Gasteiger partial charge < -0.3 is 9.29 Å². The Morgan fingerprint density at radius 2 is 1.50 bits per heavy atom. The monoisotopic (exact) mass is 789 g/mol. The van der Waals surface area contributed by atoms with E-state index in [1.807, 2.05) is 12.1 Å². The standard InChI is InChI=1S/C23H21I3O5S/c24-17-2-3-18(25)22(26)21(17)23(27)31-15-1-4-19(32(28,29)30)16(10-15)20-13-6-11-5-12(8-13)9-14(20)7-11/h1-4,10-14,20H,5-9H2,(H,28,29,30)/p-1. The summed E-state index contributed by atoms with van der Waals surface area (Å²) < 4.78 is 44.6. The number of rotatable bonds is 4. The van der Waals surface area contributed by atoms with Gasteiger partial charge in [0.2, 0.25) is 0 Å². The maximum Gasteiger partial charge on any atom is 0.345 e. The van der Waals surface area contributed by atoms with Crippen LogP contribution in [0.1, 0.15) is 53.9 Å². The number of esters is 1. The molecule has 0 spiro atoms. The third-order valence-electron chi connectivity index (χ3n) is 7.30. The molecule has 0 atom stereocenters. The van der Waals surface area contributed by atoms with E-state index in [-0.39, 0.29) is 16.6 Å². The molecule has 4 aliphatic carbocycles. The summed E-state index contributed by atoms with van der Waals surface area (Å²) in [5.41, 5.74) is 1.04. The Morgan fingerprint density at radius 3 is 2.09 bits per heavy atom. The van der Waals surface area contributed by atoms with Crippen LogP contribution in [0.5, 0.6) is 5.75 Å². The Balaban J connectivity index is 1.52. The lowest BCUT2D eigenvalue weighted by Crippen LogP contribution is -2.44. The summed E-state index contributed by atoms with van der Waals surface area (Å²) >= 11 is 6.43. The van der Waals surface area contributed by atoms with Gasteiger partial charge in [-0.25, -0.2) is 13.2 Å². The molecule has 4 bridgehead atoms. The van der Waals surface area contributed by atoms with Crippen LogP contribution in [-0.2, 0) is 10.1 Å². The van der Waals surface area contributed by atoms with E-state index in [4.69, 9.17) is 4.74 Å². The van der Waals surface area contributed by atoms with Crippen LogP contribution in [0.2, 0.25) is 0 Å². The predicted molar refractivity (Wildman–Crippen MR) is 144 cm³/mol. The first-order valence-corrected chi connectivity index (χ1v) is 15.2. The fourth-order valence-corrected chi connectivity index (χ4v) is 9.43. The average molecular weight is 789 g/mol. The lowest BCUT2D eigenvalue weighted by molar-refractivity contribution is -0.00374. The molecule has 32 heavy (non-hydrogen) atoms. The molecule has 0 amide bonds. The van der Waals surface area contributed by atoms with Crippen molar-refractivity contribution in [3.05, 3.63) is 52.2 Å². The zero-order valence-corrected chi connectivity index (χ0v) is 24.2. The van der Waals surface area contributed by atoms with Crippen LogP contribution < -0.4 is 4.74 Å². The highest BCUT2D eigenvalue weighted by Crippen LogP contribution is 2.60. The molecule has 170 valence electrons. The molecular formula is C23H20I3O5S-. The average Bonchev–Trinajstić information content (AvgIpc) is 2.69. The van der Waals surface area contributed by atoms with Crippen LogP contribution in [0.4, 0.5) is 0 Å². The number of benzene rings is 2. The van der Waals surface area contributed by atoms with Gasteiger partial charge in [-0.3, -0.25) is 0 Å². The first-order valence-electron chi connectivity index (χ1n) is 10.6. The van der Waals surface area contributed by atoms with Gasteiger partial charge in [-0.1, -0.05) is 0 Å². The van der Waals surface area contributed by atoms with Gasteiger partial charge >= 0.3 is 5.97 Å². The van der Waals surface area contributed by atoms with Crippen LogP contribution in [-0.4, -0.2) is 18.9 Å². The van der Waals surface area contributed by atoms with Crippen molar-refractivity contribution in [2.45, 2.75) is 42.9 Å². The second kappa shape index (κ2) is 8.90. The largest absolute Gasteiger partial charge is 0.744 e. The SMILES string of the molecule is O=C(Oc1ccc(S(=O)(=O)[O-])c(C2C3CC4CC(C3)CC2C4)c1)c1c(I)ccc(I)c1I. The second-order valence-corrected chi connectivity index (χ2v) is 14.0. The van der Waals surface area contributed by atoms with E-state index < -0.39 is 16.1 Å². The lowest BCUT2D eigenvalue weighted by atomic mass is 9.51. The van der Waals surface area contributed by atoms with Gasteiger partial charge in [0.1, 0.15) is 15.9 Å². The number of carbonyl (C=O) groups is 1. The Hall–Kier alpha value is 0.0100. The molecule has 9 heteroatoms. The number of carbonyl (C=O) groups excluding carboxylic acids is 1. The van der Waals surface area contributed by atoms with Gasteiger partial charge in [0.25, 0.3) is 0 Å².